The molecule has 0 aromatic carbocycles. The monoisotopic (exact) mass is 460 g/mol. The summed E-state index contributed by atoms with van der Waals surface area (Å²) in [4.78, 5) is 0. The molecule has 3 saturated carbocycles. The molecule has 5 rings (SSSR count). The van der Waals surface area contributed by atoms with E-state index < -0.39 is 14.1 Å². The van der Waals surface area contributed by atoms with E-state index in [1.165, 1.54) is 38.5 Å². The van der Waals surface area contributed by atoms with E-state index in [0.717, 1.165) is 5.92 Å². The molecule has 3 nitrogen and oxygen atoms in total. The minimum absolute atomic E-state index is 0.204. The number of allylic oxidation sites excluding steroid dienone is 1. The highest BCUT2D eigenvalue weighted by Gasteiger charge is 2.68. The Bertz CT molecular complexity index is 782. The van der Waals surface area contributed by atoms with Crippen molar-refractivity contribution in [2.75, 3.05) is 0 Å². The standard InChI is InChI=1S/C28H48O3Si/c1-25(2,3)32(8,9)31-21-14-13-18-22-19(15-17-28(18,21)7)27(6)16-11-10-12-20(27)23-24(22)30-26(4,5)29-23/h10,12,18-24H,11,13-17H2,1-9H3/t18?,19?,20-,21+,22?,23-,24-,27-,28+/m1/s1. The quantitative estimate of drug-likeness (QED) is 0.319. The lowest BCUT2D eigenvalue weighted by molar-refractivity contribution is -0.170. The van der Waals surface area contributed by atoms with E-state index >= 15 is 0 Å². The first kappa shape index (κ1) is 23.6. The van der Waals surface area contributed by atoms with Gasteiger partial charge in [-0.25, -0.2) is 0 Å². The van der Waals surface area contributed by atoms with Crippen LogP contribution in [0.3, 0.4) is 0 Å². The van der Waals surface area contributed by atoms with Gasteiger partial charge in [0.15, 0.2) is 14.1 Å². The topological polar surface area (TPSA) is 27.7 Å². The maximum absolute atomic E-state index is 7.16. The van der Waals surface area contributed by atoms with E-state index in [9.17, 15) is 0 Å². The van der Waals surface area contributed by atoms with E-state index in [0.29, 0.717) is 29.3 Å². The minimum atomic E-state index is -1.79. The van der Waals surface area contributed by atoms with Gasteiger partial charge >= 0.3 is 0 Å². The van der Waals surface area contributed by atoms with Crippen molar-refractivity contribution in [3.05, 3.63) is 12.2 Å². The van der Waals surface area contributed by atoms with Crippen molar-refractivity contribution in [2.24, 2.45) is 34.5 Å². The van der Waals surface area contributed by atoms with Crippen molar-refractivity contribution in [1.82, 2.24) is 0 Å². The Morgan fingerprint density at radius 2 is 1.53 bits per heavy atom. The molecular weight excluding hydrogens is 412 g/mol. The van der Waals surface area contributed by atoms with Gasteiger partial charge in [0, 0.05) is 5.92 Å². The van der Waals surface area contributed by atoms with E-state index in [2.05, 4.69) is 73.7 Å². The fourth-order valence-electron chi connectivity index (χ4n) is 8.43. The molecule has 3 unspecified atom stereocenters. The molecule has 0 aromatic heterocycles. The van der Waals surface area contributed by atoms with Gasteiger partial charge < -0.3 is 13.9 Å². The highest BCUT2D eigenvalue weighted by atomic mass is 28.4. The van der Waals surface area contributed by atoms with Gasteiger partial charge in [0.1, 0.15) is 0 Å². The Balaban J connectivity index is 1.50. The van der Waals surface area contributed by atoms with Gasteiger partial charge in [0.05, 0.1) is 18.3 Å². The second-order valence-electron chi connectivity index (χ2n) is 14.3. The molecule has 0 aromatic rings. The predicted molar refractivity (Wildman–Crippen MR) is 133 cm³/mol. The van der Waals surface area contributed by atoms with Crippen LogP contribution in [0, 0.1) is 34.5 Å². The van der Waals surface area contributed by atoms with Crippen molar-refractivity contribution in [2.45, 2.75) is 129 Å². The number of ether oxygens (including phenoxy) is 2. The summed E-state index contributed by atoms with van der Waals surface area (Å²) in [5.41, 5.74) is 0.606. The lowest BCUT2D eigenvalue weighted by Gasteiger charge is -2.62. The molecule has 32 heavy (non-hydrogen) atoms. The molecule has 0 radical (unpaired) electrons. The zero-order chi connectivity index (χ0) is 23.3. The molecule has 5 aliphatic rings. The van der Waals surface area contributed by atoms with Gasteiger partial charge in [-0.15, -0.1) is 0 Å². The van der Waals surface area contributed by atoms with Crippen LogP contribution >= 0.6 is 0 Å². The molecule has 4 heteroatoms. The van der Waals surface area contributed by atoms with Crippen molar-refractivity contribution in [1.29, 1.82) is 0 Å². The van der Waals surface area contributed by atoms with E-state index in [1.807, 2.05) is 0 Å². The normalized spacial score (nSPS) is 49.8. The molecule has 0 N–H and O–H groups in total. The Labute approximate surface area is 198 Å². The largest absolute Gasteiger partial charge is 0.413 e. The number of fused-ring (bicyclic) bond motifs is 8. The van der Waals surface area contributed by atoms with Crippen molar-refractivity contribution in [3.8, 4) is 0 Å². The molecule has 9 atom stereocenters. The molecule has 1 heterocycles. The van der Waals surface area contributed by atoms with Crippen molar-refractivity contribution >= 4 is 8.32 Å². The fourth-order valence-corrected chi connectivity index (χ4v) is 9.89. The minimum Gasteiger partial charge on any atom is -0.413 e. The number of rotatable bonds is 2. The maximum atomic E-state index is 7.16. The van der Waals surface area contributed by atoms with Gasteiger partial charge in [-0.05, 0) is 99.1 Å². The lowest BCUT2D eigenvalue weighted by atomic mass is 9.44. The lowest BCUT2D eigenvalue weighted by Crippen LogP contribution is -2.62. The average molecular weight is 461 g/mol. The highest BCUT2D eigenvalue weighted by Crippen LogP contribution is 2.68. The first-order valence-electron chi connectivity index (χ1n) is 13.4. The maximum Gasteiger partial charge on any atom is 0.192 e. The molecule has 182 valence electrons. The summed E-state index contributed by atoms with van der Waals surface area (Å²) in [7, 11) is -1.79. The Morgan fingerprint density at radius 1 is 0.875 bits per heavy atom. The van der Waals surface area contributed by atoms with E-state index in [-0.39, 0.29) is 22.7 Å². The Hall–Kier alpha value is -0.163. The van der Waals surface area contributed by atoms with Crippen LogP contribution in [0.1, 0.15) is 87.0 Å². The van der Waals surface area contributed by atoms with Crippen LogP contribution in [0.4, 0.5) is 0 Å². The van der Waals surface area contributed by atoms with Crippen LogP contribution < -0.4 is 0 Å². The zero-order valence-electron chi connectivity index (χ0n) is 22.2. The summed E-state index contributed by atoms with van der Waals surface area (Å²) in [6.07, 6.45) is 13.4. The SMILES string of the molecule is CC1(C)O[C@H]2[C@H](O1)C1C3CC[C@H](O[Si](C)(C)C(C)(C)C)[C@@]3(C)CCC1[C@@]1(C)CCC=C[C@H]21. The molecule has 4 aliphatic carbocycles. The van der Waals surface area contributed by atoms with Crippen LogP contribution in [0.15, 0.2) is 12.2 Å². The van der Waals surface area contributed by atoms with E-state index in [1.54, 1.807) is 0 Å². The van der Waals surface area contributed by atoms with E-state index in [4.69, 9.17) is 13.9 Å². The van der Waals surface area contributed by atoms with Crippen LogP contribution in [-0.4, -0.2) is 32.4 Å². The average Bonchev–Trinajstić information content (AvgIpc) is 3.16. The molecule has 0 amide bonds. The highest BCUT2D eigenvalue weighted by molar-refractivity contribution is 6.74. The van der Waals surface area contributed by atoms with Crippen LogP contribution in [-0.2, 0) is 13.9 Å². The zero-order valence-corrected chi connectivity index (χ0v) is 23.2. The Morgan fingerprint density at radius 3 is 2.22 bits per heavy atom. The van der Waals surface area contributed by atoms with Crippen molar-refractivity contribution in [3.63, 3.8) is 0 Å². The van der Waals surface area contributed by atoms with Crippen LogP contribution in [0.25, 0.3) is 0 Å². The van der Waals surface area contributed by atoms with Gasteiger partial charge in [0.25, 0.3) is 0 Å². The van der Waals surface area contributed by atoms with Gasteiger partial charge in [-0.1, -0.05) is 46.8 Å². The molecule has 0 spiro atoms. The van der Waals surface area contributed by atoms with Gasteiger partial charge in [-0.2, -0.15) is 0 Å². The number of hydrogen-bond acceptors (Lipinski definition) is 3. The first-order valence-corrected chi connectivity index (χ1v) is 16.3. The summed E-state index contributed by atoms with van der Waals surface area (Å²) in [6, 6.07) is 0. The van der Waals surface area contributed by atoms with Crippen LogP contribution in [0.5, 0.6) is 0 Å². The molecule has 4 fully saturated rings. The summed E-state index contributed by atoms with van der Waals surface area (Å²) in [6.45, 7) is 21.4. The van der Waals surface area contributed by atoms with Gasteiger partial charge in [0.2, 0.25) is 0 Å². The third kappa shape index (κ3) is 3.29. The van der Waals surface area contributed by atoms with Gasteiger partial charge in [-0.3, -0.25) is 0 Å². The number of hydrogen-bond donors (Lipinski definition) is 0. The van der Waals surface area contributed by atoms with Crippen molar-refractivity contribution < 1.29 is 13.9 Å². The molecule has 1 saturated heterocycles. The summed E-state index contributed by atoms with van der Waals surface area (Å²) in [5.74, 6) is 2.04. The first-order chi connectivity index (χ1) is 14.7. The summed E-state index contributed by atoms with van der Waals surface area (Å²) >= 11 is 0. The second-order valence-corrected chi connectivity index (χ2v) is 19.1. The Kier molecular flexibility index (Phi) is 5.29. The summed E-state index contributed by atoms with van der Waals surface area (Å²) < 4.78 is 20.6. The second kappa shape index (κ2) is 7.18. The smallest absolute Gasteiger partial charge is 0.192 e. The predicted octanol–water partition coefficient (Wildman–Crippen LogP) is 7.33. The summed E-state index contributed by atoms with van der Waals surface area (Å²) in [5, 5.41) is 0.260. The molecule has 0 bridgehead atoms. The fraction of sp³-hybridized carbons (Fsp3) is 0.929. The third-order valence-electron chi connectivity index (χ3n) is 11.2. The third-order valence-corrected chi connectivity index (χ3v) is 15.7. The molecular formula is C28H48O3Si. The molecule has 1 aliphatic heterocycles. The van der Waals surface area contributed by atoms with Crippen LogP contribution in [0.2, 0.25) is 18.1 Å².